The summed E-state index contributed by atoms with van der Waals surface area (Å²) >= 11 is 0. The summed E-state index contributed by atoms with van der Waals surface area (Å²) in [5.74, 6) is -1.80. The lowest BCUT2D eigenvalue weighted by Gasteiger charge is -2.05. The maximum absolute atomic E-state index is 11.4. The Balaban J connectivity index is 2.48. The van der Waals surface area contributed by atoms with Crippen molar-refractivity contribution in [2.45, 2.75) is 20.3 Å². The third-order valence-corrected chi connectivity index (χ3v) is 2.35. The molecule has 90 valence electrons. The smallest absolute Gasteiger partial charge is 0.310 e. The summed E-state index contributed by atoms with van der Waals surface area (Å²) in [5.41, 5.74) is 1.84. The number of esters is 1. The first-order valence-electron chi connectivity index (χ1n) is 5.24. The summed E-state index contributed by atoms with van der Waals surface area (Å²) in [4.78, 5) is 33.0. The van der Waals surface area contributed by atoms with Crippen LogP contribution < -0.4 is 0 Å². The molecule has 0 fully saturated rings. The molecule has 0 saturated carbocycles. The van der Waals surface area contributed by atoms with E-state index in [0.29, 0.717) is 0 Å². The number of aryl methyl sites for hydroxylation is 1. The summed E-state index contributed by atoms with van der Waals surface area (Å²) in [6, 6.07) is 7.42. The zero-order valence-corrected chi connectivity index (χ0v) is 9.86. The molecule has 1 aromatic rings. The van der Waals surface area contributed by atoms with E-state index in [-0.39, 0.29) is 6.42 Å². The summed E-state index contributed by atoms with van der Waals surface area (Å²) in [6.45, 7) is 2.57. The molecule has 4 nitrogen and oxygen atoms in total. The van der Waals surface area contributed by atoms with Gasteiger partial charge in [-0.15, -0.1) is 0 Å². The van der Waals surface area contributed by atoms with Crippen LogP contribution in [-0.2, 0) is 25.5 Å². The molecule has 17 heavy (non-hydrogen) atoms. The molecule has 0 amide bonds. The largest absolute Gasteiger partial charge is 0.457 e. The Morgan fingerprint density at radius 1 is 1.18 bits per heavy atom. The molecule has 0 heterocycles. The topological polar surface area (TPSA) is 60.4 Å². The molecule has 1 aromatic carbocycles. The fourth-order valence-electron chi connectivity index (χ4n) is 1.26. The number of benzene rings is 1. The standard InChI is InChI=1S/C13H14O4/c1-9-5-3-4-6-11(9)7-13(16)17-8-12(15)10(2)14/h3-6H,7-8H2,1-2H3. The maximum atomic E-state index is 11.4. The number of Topliss-reactive ketones (excluding diaryl/α,β-unsaturated/α-hetero) is 2. The molecule has 0 radical (unpaired) electrons. The first-order chi connectivity index (χ1) is 8.00. The van der Waals surface area contributed by atoms with Gasteiger partial charge in [0.15, 0.2) is 12.4 Å². The fraction of sp³-hybridized carbons (Fsp3) is 0.308. The minimum atomic E-state index is -0.692. The minimum Gasteiger partial charge on any atom is -0.457 e. The third-order valence-electron chi connectivity index (χ3n) is 2.35. The lowest BCUT2D eigenvalue weighted by Crippen LogP contribution is -2.20. The van der Waals surface area contributed by atoms with Gasteiger partial charge in [-0.3, -0.25) is 14.4 Å². The van der Waals surface area contributed by atoms with Crippen molar-refractivity contribution >= 4 is 17.5 Å². The highest BCUT2D eigenvalue weighted by Gasteiger charge is 2.12. The van der Waals surface area contributed by atoms with Crippen molar-refractivity contribution in [1.29, 1.82) is 0 Å². The first kappa shape index (κ1) is 13.1. The molecule has 0 unspecified atom stereocenters. The van der Waals surface area contributed by atoms with Crippen molar-refractivity contribution < 1.29 is 19.1 Å². The van der Waals surface area contributed by atoms with E-state index in [1.807, 2.05) is 31.2 Å². The Hall–Kier alpha value is -1.97. The van der Waals surface area contributed by atoms with Gasteiger partial charge in [0.1, 0.15) is 0 Å². The molecule has 0 spiro atoms. The van der Waals surface area contributed by atoms with E-state index in [9.17, 15) is 14.4 Å². The number of ketones is 2. The Morgan fingerprint density at radius 2 is 1.82 bits per heavy atom. The van der Waals surface area contributed by atoms with Crippen molar-refractivity contribution in [2.24, 2.45) is 0 Å². The van der Waals surface area contributed by atoms with Gasteiger partial charge in [-0.25, -0.2) is 0 Å². The highest BCUT2D eigenvalue weighted by molar-refractivity contribution is 6.36. The second-order valence-corrected chi connectivity index (χ2v) is 3.74. The average molecular weight is 234 g/mol. The van der Waals surface area contributed by atoms with Gasteiger partial charge in [-0.1, -0.05) is 24.3 Å². The molecule has 1 rings (SSSR count). The molecule has 0 aromatic heterocycles. The molecule has 0 aliphatic rings. The van der Waals surface area contributed by atoms with E-state index in [2.05, 4.69) is 0 Å². The second-order valence-electron chi connectivity index (χ2n) is 3.74. The van der Waals surface area contributed by atoms with Crippen LogP contribution in [0.15, 0.2) is 24.3 Å². The number of carbonyl (C=O) groups excluding carboxylic acids is 3. The average Bonchev–Trinajstić information content (AvgIpc) is 2.29. The monoisotopic (exact) mass is 234 g/mol. The molecule has 0 bridgehead atoms. The molecule has 0 atom stereocenters. The van der Waals surface area contributed by atoms with Gasteiger partial charge in [0.2, 0.25) is 5.78 Å². The normalized spacial score (nSPS) is 9.76. The quantitative estimate of drug-likeness (QED) is 0.568. The van der Waals surface area contributed by atoms with Crippen LogP contribution in [0.4, 0.5) is 0 Å². The predicted octanol–water partition coefficient (Wildman–Crippen LogP) is 1.24. The summed E-state index contributed by atoms with van der Waals surface area (Å²) in [6.07, 6.45) is 0.109. The summed E-state index contributed by atoms with van der Waals surface area (Å²) < 4.78 is 4.71. The van der Waals surface area contributed by atoms with E-state index in [1.54, 1.807) is 0 Å². The summed E-state index contributed by atoms with van der Waals surface area (Å²) in [7, 11) is 0. The predicted molar refractivity (Wildman–Crippen MR) is 61.5 cm³/mol. The fourth-order valence-corrected chi connectivity index (χ4v) is 1.26. The van der Waals surface area contributed by atoms with Crippen molar-refractivity contribution in [3.05, 3.63) is 35.4 Å². The van der Waals surface area contributed by atoms with E-state index >= 15 is 0 Å². The van der Waals surface area contributed by atoms with Crippen LogP contribution in [0.3, 0.4) is 0 Å². The third kappa shape index (κ3) is 4.18. The van der Waals surface area contributed by atoms with Crippen LogP contribution in [-0.4, -0.2) is 24.1 Å². The molecule has 0 saturated heterocycles. The van der Waals surface area contributed by atoms with E-state index in [1.165, 1.54) is 0 Å². The van der Waals surface area contributed by atoms with Gasteiger partial charge in [-0.05, 0) is 18.1 Å². The number of carbonyl (C=O) groups is 3. The lowest BCUT2D eigenvalue weighted by molar-refractivity contribution is -0.149. The van der Waals surface area contributed by atoms with Crippen LogP contribution in [0, 0.1) is 6.92 Å². The Labute approximate surface area is 99.6 Å². The molecular formula is C13H14O4. The zero-order valence-electron chi connectivity index (χ0n) is 9.86. The lowest BCUT2D eigenvalue weighted by atomic mass is 10.1. The van der Waals surface area contributed by atoms with E-state index in [4.69, 9.17) is 4.74 Å². The van der Waals surface area contributed by atoms with Crippen LogP contribution in [0.2, 0.25) is 0 Å². The Bertz CT molecular complexity index is 448. The van der Waals surface area contributed by atoms with E-state index in [0.717, 1.165) is 18.1 Å². The van der Waals surface area contributed by atoms with Gasteiger partial charge in [0.05, 0.1) is 6.42 Å². The number of hydrogen-bond donors (Lipinski definition) is 0. The van der Waals surface area contributed by atoms with E-state index < -0.39 is 24.1 Å². The molecule has 4 heteroatoms. The maximum Gasteiger partial charge on any atom is 0.310 e. The molecule has 0 aliphatic carbocycles. The highest BCUT2D eigenvalue weighted by atomic mass is 16.5. The number of rotatable bonds is 5. The van der Waals surface area contributed by atoms with Crippen molar-refractivity contribution in [1.82, 2.24) is 0 Å². The van der Waals surface area contributed by atoms with Gasteiger partial charge >= 0.3 is 5.97 Å². The number of hydrogen-bond acceptors (Lipinski definition) is 4. The van der Waals surface area contributed by atoms with Crippen LogP contribution in [0.5, 0.6) is 0 Å². The molecule has 0 N–H and O–H groups in total. The van der Waals surface area contributed by atoms with Crippen molar-refractivity contribution in [3.63, 3.8) is 0 Å². The molecular weight excluding hydrogens is 220 g/mol. The molecule has 0 aliphatic heterocycles. The van der Waals surface area contributed by atoms with Crippen LogP contribution >= 0.6 is 0 Å². The first-order valence-corrected chi connectivity index (χ1v) is 5.24. The Kier molecular flexibility index (Phi) is 4.57. The van der Waals surface area contributed by atoms with Crippen molar-refractivity contribution in [3.8, 4) is 0 Å². The minimum absolute atomic E-state index is 0.109. The summed E-state index contributed by atoms with van der Waals surface area (Å²) in [5, 5.41) is 0. The van der Waals surface area contributed by atoms with Crippen LogP contribution in [0.25, 0.3) is 0 Å². The Morgan fingerprint density at radius 3 is 2.41 bits per heavy atom. The van der Waals surface area contributed by atoms with Gasteiger partial charge < -0.3 is 4.74 Å². The number of ether oxygens (including phenoxy) is 1. The van der Waals surface area contributed by atoms with Gasteiger partial charge in [0.25, 0.3) is 0 Å². The zero-order chi connectivity index (χ0) is 12.8. The SMILES string of the molecule is CC(=O)C(=O)COC(=O)Cc1ccccc1C. The van der Waals surface area contributed by atoms with Gasteiger partial charge in [0, 0.05) is 6.92 Å². The van der Waals surface area contributed by atoms with Crippen LogP contribution in [0.1, 0.15) is 18.1 Å². The highest BCUT2D eigenvalue weighted by Crippen LogP contribution is 2.08. The van der Waals surface area contributed by atoms with Crippen molar-refractivity contribution in [2.75, 3.05) is 6.61 Å². The second kappa shape index (κ2) is 5.94. The van der Waals surface area contributed by atoms with Gasteiger partial charge in [-0.2, -0.15) is 0 Å².